The molecule has 25 heavy (non-hydrogen) atoms. The molecule has 0 heterocycles. The molecule has 0 fully saturated rings. The molecule has 1 amide bonds. The number of amides is 1. The van der Waals surface area contributed by atoms with Crippen LogP contribution in [0.3, 0.4) is 0 Å². The summed E-state index contributed by atoms with van der Waals surface area (Å²) in [7, 11) is -2.13. The van der Waals surface area contributed by atoms with Crippen LogP contribution < -0.4 is 5.32 Å². The molecule has 7 nitrogen and oxygen atoms in total. The lowest BCUT2D eigenvalue weighted by Gasteiger charge is -2.21. The van der Waals surface area contributed by atoms with E-state index >= 15 is 0 Å². The number of hydrogen-bond donors (Lipinski definition) is 2. The second kappa shape index (κ2) is 8.96. The maximum absolute atomic E-state index is 12.4. The van der Waals surface area contributed by atoms with E-state index in [-0.39, 0.29) is 16.5 Å². The van der Waals surface area contributed by atoms with Crippen molar-refractivity contribution in [3.05, 3.63) is 29.8 Å². The Hall–Kier alpha value is -1.93. The standard InChI is InChI=1S/C17H26N2O5S/c1-5-6-7-15(17(21)22)18-16(20)13-8-10-14(11-9-13)25(23,24)19(4)12(2)3/h8-12,15H,5-7H2,1-4H3,(H,18,20)(H,21,22). The van der Waals surface area contributed by atoms with Crippen LogP contribution in [0.25, 0.3) is 0 Å². The zero-order valence-electron chi connectivity index (χ0n) is 15.0. The molecule has 140 valence electrons. The predicted molar refractivity (Wildman–Crippen MR) is 94.9 cm³/mol. The summed E-state index contributed by atoms with van der Waals surface area (Å²) >= 11 is 0. The van der Waals surface area contributed by atoms with E-state index < -0.39 is 27.9 Å². The average Bonchev–Trinajstić information content (AvgIpc) is 2.57. The Bertz CT molecular complexity index is 698. The van der Waals surface area contributed by atoms with Gasteiger partial charge in [-0.1, -0.05) is 19.8 Å². The van der Waals surface area contributed by atoms with Gasteiger partial charge in [0.05, 0.1) is 4.90 Å². The third kappa shape index (κ3) is 5.54. The molecule has 0 saturated heterocycles. The molecule has 0 radical (unpaired) electrons. The van der Waals surface area contributed by atoms with Gasteiger partial charge in [-0.25, -0.2) is 13.2 Å². The van der Waals surface area contributed by atoms with Crippen molar-refractivity contribution in [1.82, 2.24) is 9.62 Å². The van der Waals surface area contributed by atoms with Crippen molar-refractivity contribution in [3.63, 3.8) is 0 Å². The molecular weight excluding hydrogens is 344 g/mol. The molecule has 1 aromatic rings. The van der Waals surface area contributed by atoms with Crippen LogP contribution in [0.2, 0.25) is 0 Å². The lowest BCUT2D eigenvalue weighted by molar-refractivity contribution is -0.139. The van der Waals surface area contributed by atoms with E-state index in [0.717, 1.165) is 6.42 Å². The van der Waals surface area contributed by atoms with Gasteiger partial charge in [0.2, 0.25) is 10.0 Å². The normalized spacial score (nSPS) is 13.0. The monoisotopic (exact) mass is 370 g/mol. The van der Waals surface area contributed by atoms with E-state index in [2.05, 4.69) is 5.32 Å². The first-order chi connectivity index (χ1) is 11.6. The summed E-state index contributed by atoms with van der Waals surface area (Å²) in [5.74, 6) is -1.62. The fraction of sp³-hybridized carbons (Fsp3) is 0.529. The summed E-state index contributed by atoms with van der Waals surface area (Å²) < 4.78 is 26.0. The van der Waals surface area contributed by atoms with E-state index in [1.165, 1.54) is 35.6 Å². The van der Waals surface area contributed by atoms with Gasteiger partial charge in [0.25, 0.3) is 5.91 Å². The number of sulfonamides is 1. The number of unbranched alkanes of at least 4 members (excludes halogenated alkanes) is 1. The molecule has 0 bridgehead atoms. The molecular formula is C17H26N2O5S. The van der Waals surface area contributed by atoms with Gasteiger partial charge < -0.3 is 10.4 Å². The number of benzene rings is 1. The molecule has 8 heteroatoms. The Morgan fingerprint density at radius 1 is 1.20 bits per heavy atom. The van der Waals surface area contributed by atoms with Crippen LogP contribution in [0.15, 0.2) is 29.2 Å². The number of nitrogens with zero attached hydrogens (tertiary/aromatic N) is 1. The minimum atomic E-state index is -3.62. The van der Waals surface area contributed by atoms with Gasteiger partial charge in [0.1, 0.15) is 6.04 Å². The van der Waals surface area contributed by atoms with E-state index in [1.54, 1.807) is 13.8 Å². The van der Waals surface area contributed by atoms with Gasteiger partial charge >= 0.3 is 5.97 Å². The SMILES string of the molecule is CCCCC(NC(=O)c1ccc(S(=O)(=O)N(C)C(C)C)cc1)C(=O)O. The van der Waals surface area contributed by atoms with E-state index in [1.807, 2.05) is 6.92 Å². The van der Waals surface area contributed by atoms with Crippen molar-refractivity contribution < 1.29 is 23.1 Å². The third-order valence-electron chi connectivity index (χ3n) is 3.97. The van der Waals surface area contributed by atoms with E-state index in [4.69, 9.17) is 5.11 Å². The van der Waals surface area contributed by atoms with Gasteiger partial charge in [0, 0.05) is 18.7 Å². The molecule has 0 aromatic heterocycles. The van der Waals surface area contributed by atoms with Crippen LogP contribution in [0.1, 0.15) is 50.4 Å². The van der Waals surface area contributed by atoms with Crippen LogP contribution in [-0.4, -0.2) is 48.8 Å². The largest absolute Gasteiger partial charge is 0.480 e. The quantitative estimate of drug-likeness (QED) is 0.693. The molecule has 0 spiro atoms. The summed E-state index contributed by atoms with van der Waals surface area (Å²) in [5.41, 5.74) is 0.217. The number of aliphatic carboxylic acids is 1. The first kappa shape index (κ1) is 21.1. The van der Waals surface area contributed by atoms with Gasteiger partial charge in [-0.05, 0) is 44.5 Å². The first-order valence-corrected chi connectivity index (χ1v) is 9.67. The summed E-state index contributed by atoms with van der Waals surface area (Å²) in [5, 5.41) is 11.6. The molecule has 0 aliphatic carbocycles. The maximum Gasteiger partial charge on any atom is 0.326 e. The van der Waals surface area contributed by atoms with Crippen molar-refractivity contribution in [1.29, 1.82) is 0 Å². The highest BCUT2D eigenvalue weighted by Crippen LogP contribution is 2.17. The fourth-order valence-electron chi connectivity index (χ4n) is 2.13. The Morgan fingerprint density at radius 3 is 2.20 bits per heavy atom. The Kier molecular flexibility index (Phi) is 7.57. The van der Waals surface area contributed by atoms with Crippen molar-refractivity contribution in [3.8, 4) is 0 Å². The molecule has 1 aromatic carbocycles. The number of carboxylic acids is 1. The number of carbonyl (C=O) groups excluding carboxylic acids is 1. The minimum Gasteiger partial charge on any atom is -0.480 e. The summed E-state index contributed by atoms with van der Waals surface area (Å²) in [6.07, 6.45) is 1.87. The van der Waals surface area contributed by atoms with Crippen molar-refractivity contribution in [2.75, 3.05) is 7.05 Å². The van der Waals surface area contributed by atoms with Gasteiger partial charge in [-0.2, -0.15) is 4.31 Å². The third-order valence-corrected chi connectivity index (χ3v) is 6.02. The second-order valence-electron chi connectivity index (χ2n) is 6.15. The van der Waals surface area contributed by atoms with Crippen LogP contribution >= 0.6 is 0 Å². The molecule has 1 unspecified atom stereocenters. The zero-order chi connectivity index (χ0) is 19.2. The molecule has 2 N–H and O–H groups in total. The zero-order valence-corrected chi connectivity index (χ0v) is 15.8. The number of carbonyl (C=O) groups is 2. The predicted octanol–water partition coefficient (Wildman–Crippen LogP) is 2.09. The highest BCUT2D eigenvalue weighted by Gasteiger charge is 2.24. The van der Waals surface area contributed by atoms with Crippen molar-refractivity contribution >= 4 is 21.9 Å². The molecule has 0 saturated carbocycles. The highest BCUT2D eigenvalue weighted by atomic mass is 32.2. The van der Waals surface area contributed by atoms with Crippen LogP contribution in [0, 0.1) is 0 Å². The van der Waals surface area contributed by atoms with E-state index in [9.17, 15) is 18.0 Å². The molecule has 0 aliphatic heterocycles. The summed E-state index contributed by atoms with van der Waals surface area (Å²) in [4.78, 5) is 23.5. The second-order valence-corrected chi connectivity index (χ2v) is 8.14. The molecule has 0 aliphatic rings. The van der Waals surface area contributed by atoms with Crippen LogP contribution in [0.4, 0.5) is 0 Å². The topological polar surface area (TPSA) is 104 Å². The maximum atomic E-state index is 12.4. The average molecular weight is 370 g/mol. The molecule has 1 rings (SSSR count). The fourth-order valence-corrected chi connectivity index (χ4v) is 3.50. The Morgan fingerprint density at radius 2 is 1.76 bits per heavy atom. The van der Waals surface area contributed by atoms with Gasteiger partial charge in [0.15, 0.2) is 0 Å². The lowest BCUT2D eigenvalue weighted by atomic mass is 10.1. The Balaban J connectivity index is 2.91. The van der Waals surface area contributed by atoms with Crippen LogP contribution in [0.5, 0.6) is 0 Å². The van der Waals surface area contributed by atoms with E-state index in [0.29, 0.717) is 12.8 Å². The lowest BCUT2D eigenvalue weighted by Crippen LogP contribution is -2.40. The van der Waals surface area contributed by atoms with Crippen LogP contribution in [-0.2, 0) is 14.8 Å². The number of carboxylic acid groups (broad SMARTS) is 1. The number of hydrogen-bond acceptors (Lipinski definition) is 4. The summed E-state index contributed by atoms with van der Waals surface area (Å²) in [6.45, 7) is 5.47. The highest BCUT2D eigenvalue weighted by molar-refractivity contribution is 7.89. The first-order valence-electron chi connectivity index (χ1n) is 8.23. The van der Waals surface area contributed by atoms with Gasteiger partial charge in [-0.15, -0.1) is 0 Å². The Labute approximate surface area is 149 Å². The van der Waals surface area contributed by atoms with Gasteiger partial charge in [-0.3, -0.25) is 4.79 Å². The molecule has 1 atom stereocenters. The number of rotatable bonds is 9. The van der Waals surface area contributed by atoms with Crippen molar-refractivity contribution in [2.45, 2.75) is 57.0 Å². The minimum absolute atomic E-state index is 0.0843. The summed E-state index contributed by atoms with van der Waals surface area (Å²) in [6, 6.07) is 4.32. The number of nitrogens with one attached hydrogen (secondary N) is 1. The van der Waals surface area contributed by atoms with Crippen molar-refractivity contribution in [2.24, 2.45) is 0 Å². The smallest absolute Gasteiger partial charge is 0.326 e.